The number of carbonyl (C=O) groups excluding carboxylic acids is 1. The Labute approximate surface area is 165 Å². The SMILES string of the molecule is N#CCCN(C(=O)C[NH+]1CCN(c2ccccc2Cl)CC1)c1ccccc1. The fourth-order valence-corrected chi connectivity index (χ4v) is 3.68. The van der Waals surface area contributed by atoms with E-state index in [-0.39, 0.29) is 5.91 Å². The number of amides is 1. The summed E-state index contributed by atoms with van der Waals surface area (Å²) < 4.78 is 0. The molecule has 1 N–H and O–H groups in total. The highest BCUT2D eigenvalue weighted by Gasteiger charge is 2.26. The van der Waals surface area contributed by atoms with Crippen molar-refractivity contribution in [2.24, 2.45) is 0 Å². The molecular formula is C21H24ClN4O+. The molecular weight excluding hydrogens is 360 g/mol. The molecule has 1 amide bonds. The van der Waals surface area contributed by atoms with Gasteiger partial charge < -0.3 is 14.7 Å². The van der Waals surface area contributed by atoms with Gasteiger partial charge in [0.15, 0.2) is 6.54 Å². The zero-order valence-electron chi connectivity index (χ0n) is 15.3. The van der Waals surface area contributed by atoms with Crippen LogP contribution < -0.4 is 14.7 Å². The lowest BCUT2D eigenvalue weighted by Crippen LogP contribution is -3.16. The number of rotatable bonds is 6. The molecule has 5 nitrogen and oxygen atoms in total. The van der Waals surface area contributed by atoms with Gasteiger partial charge in [-0.2, -0.15) is 5.26 Å². The molecule has 3 rings (SSSR count). The number of nitrogens with one attached hydrogen (secondary N) is 1. The van der Waals surface area contributed by atoms with Crippen molar-refractivity contribution in [2.75, 3.05) is 49.1 Å². The van der Waals surface area contributed by atoms with Crippen molar-refractivity contribution in [2.45, 2.75) is 6.42 Å². The summed E-state index contributed by atoms with van der Waals surface area (Å²) in [5.41, 5.74) is 1.91. The highest BCUT2D eigenvalue weighted by atomic mass is 35.5. The molecule has 2 aromatic rings. The van der Waals surface area contributed by atoms with Crippen molar-refractivity contribution >= 4 is 28.9 Å². The van der Waals surface area contributed by atoms with E-state index >= 15 is 0 Å². The van der Waals surface area contributed by atoms with Crippen molar-refractivity contribution in [3.05, 3.63) is 59.6 Å². The molecule has 1 saturated heterocycles. The Bertz CT molecular complexity index is 797. The van der Waals surface area contributed by atoms with E-state index in [4.69, 9.17) is 16.9 Å². The van der Waals surface area contributed by atoms with Crippen LogP contribution in [-0.4, -0.2) is 45.2 Å². The molecule has 1 aliphatic rings. The van der Waals surface area contributed by atoms with Crippen LogP contribution in [-0.2, 0) is 4.79 Å². The maximum atomic E-state index is 12.9. The summed E-state index contributed by atoms with van der Waals surface area (Å²) in [5, 5.41) is 9.68. The van der Waals surface area contributed by atoms with Crippen LogP contribution in [0, 0.1) is 11.3 Å². The molecule has 1 aliphatic heterocycles. The lowest BCUT2D eigenvalue weighted by atomic mass is 10.2. The van der Waals surface area contributed by atoms with Gasteiger partial charge in [0.05, 0.1) is 49.4 Å². The first-order valence-electron chi connectivity index (χ1n) is 9.24. The fraction of sp³-hybridized carbons (Fsp3) is 0.333. The van der Waals surface area contributed by atoms with Crippen LogP contribution >= 0.6 is 11.6 Å². The van der Waals surface area contributed by atoms with Crippen molar-refractivity contribution in [1.29, 1.82) is 5.26 Å². The number of piperazine rings is 1. The molecule has 0 spiro atoms. The molecule has 0 atom stereocenters. The summed E-state index contributed by atoms with van der Waals surface area (Å²) in [6.07, 6.45) is 0.330. The monoisotopic (exact) mass is 383 g/mol. The van der Waals surface area contributed by atoms with Gasteiger partial charge in [-0.1, -0.05) is 41.9 Å². The van der Waals surface area contributed by atoms with E-state index in [9.17, 15) is 4.79 Å². The minimum Gasteiger partial charge on any atom is -0.359 e. The molecule has 0 saturated carbocycles. The van der Waals surface area contributed by atoms with Crippen LogP contribution in [0.25, 0.3) is 0 Å². The van der Waals surface area contributed by atoms with Gasteiger partial charge in [-0.3, -0.25) is 4.79 Å². The summed E-state index contributed by atoms with van der Waals surface area (Å²) in [4.78, 5) is 18.2. The van der Waals surface area contributed by atoms with E-state index < -0.39 is 0 Å². The first kappa shape index (κ1) is 19.2. The van der Waals surface area contributed by atoms with Crippen molar-refractivity contribution < 1.29 is 9.69 Å². The van der Waals surface area contributed by atoms with E-state index in [0.717, 1.165) is 42.6 Å². The third kappa shape index (κ3) is 5.00. The smallest absolute Gasteiger partial charge is 0.282 e. The minimum atomic E-state index is 0.0673. The normalized spacial score (nSPS) is 14.6. The van der Waals surface area contributed by atoms with Crippen LogP contribution in [0.2, 0.25) is 5.02 Å². The maximum absolute atomic E-state index is 12.9. The van der Waals surface area contributed by atoms with Gasteiger partial charge in [0.25, 0.3) is 5.91 Å². The molecule has 0 unspecified atom stereocenters. The van der Waals surface area contributed by atoms with E-state index in [1.165, 1.54) is 4.90 Å². The number of carbonyl (C=O) groups is 1. The second-order valence-electron chi connectivity index (χ2n) is 6.65. The number of hydrogen-bond acceptors (Lipinski definition) is 3. The summed E-state index contributed by atoms with van der Waals surface area (Å²) in [6.45, 7) is 4.39. The van der Waals surface area contributed by atoms with Crippen LogP contribution in [0.4, 0.5) is 11.4 Å². The standard InChI is InChI=1S/C21H23ClN4O/c22-19-9-4-5-10-20(19)25-15-13-24(14-16-25)17-21(27)26(12-6-11-23)18-7-2-1-3-8-18/h1-5,7-10H,6,12-17H2/p+1. The zero-order chi connectivity index (χ0) is 19.1. The van der Waals surface area contributed by atoms with Gasteiger partial charge in [0.2, 0.25) is 0 Å². The molecule has 140 valence electrons. The van der Waals surface area contributed by atoms with E-state index in [0.29, 0.717) is 19.5 Å². The molecule has 2 aromatic carbocycles. The Hall–Kier alpha value is -2.55. The van der Waals surface area contributed by atoms with Crippen LogP contribution in [0.3, 0.4) is 0 Å². The number of anilines is 2. The Morgan fingerprint density at radius 2 is 1.78 bits per heavy atom. The lowest BCUT2D eigenvalue weighted by molar-refractivity contribution is -0.892. The highest BCUT2D eigenvalue weighted by Crippen LogP contribution is 2.24. The van der Waals surface area contributed by atoms with E-state index in [1.54, 1.807) is 4.90 Å². The number of nitrogens with zero attached hydrogens (tertiary/aromatic N) is 3. The van der Waals surface area contributed by atoms with Gasteiger partial charge >= 0.3 is 0 Å². The number of hydrogen-bond donors (Lipinski definition) is 1. The maximum Gasteiger partial charge on any atom is 0.282 e. The first-order chi connectivity index (χ1) is 13.2. The molecule has 1 heterocycles. The number of para-hydroxylation sites is 2. The molecule has 0 aliphatic carbocycles. The third-order valence-corrected chi connectivity index (χ3v) is 5.20. The quantitative estimate of drug-likeness (QED) is 0.830. The minimum absolute atomic E-state index is 0.0673. The lowest BCUT2D eigenvalue weighted by Gasteiger charge is -2.34. The summed E-state index contributed by atoms with van der Waals surface area (Å²) in [6, 6.07) is 19.6. The van der Waals surface area contributed by atoms with Crippen LogP contribution in [0.1, 0.15) is 6.42 Å². The highest BCUT2D eigenvalue weighted by molar-refractivity contribution is 6.33. The van der Waals surface area contributed by atoms with Crippen molar-refractivity contribution in [1.82, 2.24) is 0 Å². The second-order valence-corrected chi connectivity index (χ2v) is 7.06. The number of quaternary nitrogens is 1. The summed E-state index contributed by atoms with van der Waals surface area (Å²) in [5.74, 6) is 0.0673. The topological polar surface area (TPSA) is 51.8 Å². The molecule has 0 radical (unpaired) electrons. The van der Waals surface area contributed by atoms with Gasteiger partial charge in [0, 0.05) is 12.2 Å². The Morgan fingerprint density at radius 1 is 1.11 bits per heavy atom. The molecule has 1 fully saturated rings. The van der Waals surface area contributed by atoms with Gasteiger partial charge in [-0.15, -0.1) is 0 Å². The van der Waals surface area contributed by atoms with Crippen molar-refractivity contribution in [3.8, 4) is 6.07 Å². The molecule has 6 heteroatoms. The third-order valence-electron chi connectivity index (χ3n) is 4.88. The van der Waals surface area contributed by atoms with E-state index in [2.05, 4.69) is 11.0 Å². The van der Waals surface area contributed by atoms with Crippen LogP contribution in [0.5, 0.6) is 0 Å². The molecule has 0 bridgehead atoms. The molecule has 0 aromatic heterocycles. The average molecular weight is 384 g/mol. The zero-order valence-corrected chi connectivity index (χ0v) is 16.0. The Balaban J connectivity index is 1.59. The second kappa shape index (κ2) is 9.40. The van der Waals surface area contributed by atoms with Gasteiger partial charge in [-0.05, 0) is 24.3 Å². The summed E-state index contributed by atoms with van der Waals surface area (Å²) >= 11 is 6.30. The number of halogens is 1. The fourth-order valence-electron chi connectivity index (χ4n) is 3.43. The Morgan fingerprint density at radius 3 is 2.44 bits per heavy atom. The first-order valence-corrected chi connectivity index (χ1v) is 9.62. The molecule has 27 heavy (non-hydrogen) atoms. The summed E-state index contributed by atoms with van der Waals surface area (Å²) in [7, 11) is 0. The Kier molecular flexibility index (Phi) is 6.69. The van der Waals surface area contributed by atoms with Gasteiger partial charge in [-0.25, -0.2) is 0 Å². The predicted molar refractivity (Wildman–Crippen MR) is 108 cm³/mol. The van der Waals surface area contributed by atoms with Crippen molar-refractivity contribution in [3.63, 3.8) is 0 Å². The van der Waals surface area contributed by atoms with Gasteiger partial charge in [0.1, 0.15) is 0 Å². The largest absolute Gasteiger partial charge is 0.359 e. The van der Waals surface area contributed by atoms with Crippen LogP contribution in [0.15, 0.2) is 54.6 Å². The number of benzene rings is 2. The number of nitriles is 1. The average Bonchev–Trinajstić information content (AvgIpc) is 2.70. The predicted octanol–water partition coefficient (Wildman–Crippen LogP) is 1.99. The van der Waals surface area contributed by atoms with E-state index in [1.807, 2.05) is 54.6 Å².